The average Bonchev–Trinajstić information content (AvgIpc) is 2.85. The van der Waals surface area contributed by atoms with Crippen molar-refractivity contribution >= 4 is 21.6 Å². The second-order valence-electron chi connectivity index (χ2n) is 8.52. The molecule has 1 atom stereocenters. The first kappa shape index (κ1) is 23.8. The van der Waals surface area contributed by atoms with E-state index in [2.05, 4.69) is 9.62 Å². The minimum absolute atomic E-state index is 0.0770. The molecule has 8 heteroatoms. The number of benzene rings is 3. The fraction of sp³-hybridized carbons (Fsp3) is 0.269. The van der Waals surface area contributed by atoms with Crippen LogP contribution in [-0.4, -0.2) is 57.9 Å². The lowest BCUT2D eigenvalue weighted by molar-refractivity contribution is 0.0497. The predicted molar refractivity (Wildman–Crippen MR) is 133 cm³/mol. The highest BCUT2D eigenvalue weighted by atomic mass is 32.2. The van der Waals surface area contributed by atoms with E-state index in [9.17, 15) is 13.2 Å². The normalized spacial score (nSPS) is 16.8. The molecule has 1 fully saturated rings. The van der Waals surface area contributed by atoms with Gasteiger partial charge in [-0.25, -0.2) is 8.42 Å². The smallest absolute Gasteiger partial charge is 0.265 e. The lowest BCUT2D eigenvalue weighted by Gasteiger charge is -2.40. The quantitative estimate of drug-likeness (QED) is 0.580. The number of nitrogens with zero attached hydrogens (tertiary/aromatic N) is 2. The number of hydrogen-bond donors (Lipinski definition) is 1. The van der Waals surface area contributed by atoms with Gasteiger partial charge in [-0.1, -0.05) is 48.0 Å². The van der Waals surface area contributed by atoms with E-state index in [1.807, 2.05) is 61.3 Å². The number of methoxy groups -OCH3 is 1. The molecule has 1 N–H and O–H groups in total. The van der Waals surface area contributed by atoms with Gasteiger partial charge < -0.3 is 14.5 Å². The monoisotopic (exact) mass is 479 g/mol. The van der Waals surface area contributed by atoms with Crippen molar-refractivity contribution in [3.63, 3.8) is 0 Å². The minimum atomic E-state index is -3.98. The Morgan fingerprint density at radius 1 is 1.00 bits per heavy atom. The van der Waals surface area contributed by atoms with E-state index in [4.69, 9.17) is 4.74 Å². The number of aryl methyl sites for hydroxylation is 1. The van der Waals surface area contributed by atoms with Crippen molar-refractivity contribution in [1.29, 1.82) is 0 Å². The van der Waals surface area contributed by atoms with Crippen LogP contribution in [0.15, 0.2) is 77.7 Å². The molecule has 3 aromatic carbocycles. The molecule has 178 valence electrons. The van der Waals surface area contributed by atoms with Crippen molar-refractivity contribution in [1.82, 2.24) is 9.80 Å². The Morgan fingerprint density at radius 2 is 1.71 bits per heavy atom. The summed E-state index contributed by atoms with van der Waals surface area (Å²) < 4.78 is 34.4. The number of piperazine rings is 1. The molecule has 7 nitrogen and oxygen atoms in total. The number of carbonyl (C=O) groups is 1. The van der Waals surface area contributed by atoms with Gasteiger partial charge in [0.1, 0.15) is 10.6 Å². The van der Waals surface area contributed by atoms with Crippen LogP contribution >= 0.6 is 0 Å². The Morgan fingerprint density at radius 3 is 2.38 bits per heavy atom. The Balaban J connectivity index is 1.67. The standard InChI is InChI=1S/C26H29N3O4S/c1-19-9-12-22(13-10-19)27-34(31,32)25-17-21(11-14-24(25)33-3)26(30)29-16-15-28(2)18-23(29)20-7-5-4-6-8-20/h4-14,17,23,27H,15-16,18H2,1-3H3/t23-/m1/s1. The fourth-order valence-electron chi connectivity index (χ4n) is 4.14. The van der Waals surface area contributed by atoms with Crippen LogP contribution in [-0.2, 0) is 10.0 Å². The summed E-state index contributed by atoms with van der Waals surface area (Å²) in [6, 6.07) is 21.4. The van der Waals surface area contributed by atoms with E-state index in [-0.39, 0.29) is 22.6 Å². The van der Waals surface area contributed by atoms with Gasteiger partial charge in [-0.3, -0.25) is 9.52 Å². The van der Waals surface area contributed by atoms with Crippen LogP contribution < -0.4 is 9.46 Å². The number of ether oxygens (including phenoxy) is 1. The maximum atomic E-state index is 13.6. The summed E-state index contributed by atoms with van der Waals surface area (Å²) in [6.07, 6.45) is 0. The number of carbonyl (C=O) groups excluding carboxylic acids is 1. The minimum Gasteiger partial charge on any atom is -0.495 e. The zero-order chi connectivity index (χ0) is 24.3. The number of likely N-dealkylation sites (N-methyl/N-ethyl adjacent to an activating group) is 1. The maximum absolute atomic E-state index is 13.6. The zero-order valence-electron chi connectivity index (χ0n) is 19.6. The second kappa shape index (κ2) is 9.87. The molecule has 0 radical (unpaired) electrons. The van der Waals surface area contributed by atoms with Crippen molar-refractivity contribution in [3.05, 3.63) is 89.5 Å². The van der Waals surface area contributed by atoms with Crippen LogP contribution in [0.1, 0.15) is 27.5 Å². The number of sulfonamides is 1. The van der Waals surface area contributed by atoms with E-state index < -0.39 is 10.0 Å². The van der Waals surface area contributed by atoms with Gasteiger partial charge in [-0.2, -0.15) is 0 Å². The van der Waals surface area contributed by atoms with Gasteiger partial charge in [0.05, 0.1) is 13.2 Å². The summed E-state index contributed by atoms with van der Waals surface area (Å²) in [7, 11) is -0.539. The van der Waals surface area contributed by atoms with Crippen LogP contribution in [0.5, 0.6) is 5.75 Å². The summed E-state index contributed by atoms with van der Waals surface area (Å²) in [5.41, 5.74) is 2.81. The number of hydrogen-bond acceptors (Lipinski definition) is 5. The van der Waals surface area contributed by atoms with E-state index >= 15 is 0 Å². The van der Waals surface area contributed by atoms with Gasteiger partial charge in [0, 0.05) is 30.9 Å². The van der Waals surface area contributed by atoms with Gasteiger partial charge in [0.15, 0.2) is 0 Å². The first-order valence-corrected chi connectivity index (χ1v) is 12.6. The second-order valence-corrected chi connectivity index (χ2v) is 10.2. The third-order valence-electron chi connectivity index (χ3n) is 6.03. The molecule has 0 aliphatic carbocycles. The van der Waals surface area contributed by atoms with Crippen LogP contribution in [0.3, 0.4) is 0 Å². The van der Waals surface area contributed by atoms with Gasteiger partial charge >= 0.3 is 0 Å². The van der Waals surface area contributed by atoms with E-state index in [0.717, 1.165) is 17.7 Å². The van der Waals surface area contributed by atoms with Crippen molar-refractivity contribution in [2.75, 3.05) is 38.5 Å². The van der Waals surface area contributed by atoms with Gasteiger partial charge in [-0.15, -0.1) is 0 Å². The van der Waals surface area contributed by atoms with Crippen molar-refractivity contribution in [3.8, 4) is 5.75 Å². The summed E-state index contributed by atoms with van der Waals surface area (Å²) in [5, 5.41) is 0. The molecule has 0 unspecified atom stereocenters. The number of rotatable bonds is 6. The molecule has 4 rings (SSSR count). The molecule has 3 aromatic rings. The highest BCUT2D eigenvalue weighted by molar-refractivity contribution is 7.92. The Kier molecular flexibility index (Phi) is 6.90. The number of anilines is 1. The van der Waals surface area contributed by atoms with E-state index in [1.165, 1.54) is 19.2 Å². The molecule has 1 amide bonds. The van der Waals surface area contributed by atoms with Gasteiger partial charge in [-0.05, 0) is 49.9 Å². The molecule has 1 saturated heterocycles. The summed E-state index contributed by atoms with van der Waals surface area (Å²) in [5.74, 6) is -0.0365. The molecular weight excluding hydrogens is 450 g/mol. The number of amides is 1. The molecular formula is C26H29N3O4S. The molecule has 1 heterocycles. The highest BCUT2D eigenvalue weighted by Crippen LogP contribution is 2.30. The fourth-order valence-corrected chi connectivity index (χ4v) is 5.39. The van der Waals surface area contributed by atoms with E-state index in [0.29, 0.717) is 24.3 Å². The molecule has 1 aliphatic rings. The largest absolute Gasteiger partial charge is 0.495 e. The summed E-state index contributed by atoms with van der Waals surface area (Å²) >= 11 is 0. The third kappa shape index (κ3) is 5.08. The van der Waals surface area contributed by atoms with Crippen molar-refractivity contribution in [2.45, 2.75) is 17.9 Å². The van der Waals surface area contributed by atoms with Crippen LogP contribution in [0.4, 0.5) is 5.69 Å². The SMILES string of the molecule is COc1ccc(C(=O)N2CCN(C)C[C@@H]2c2ccccc2)cc1S(=O)(=O)Nc1ccc(C)cc1. The average molecular weight is 480 g/mol. The van der Waals surface area contributed by atoms with Gasteiger partial charge in [0.2, 0.25) is 0 Å². The van der Waals surface area contributed by atoms with Crippen molar-refractivity contribution in [2.24, 2.45) is 0 Å². The first-order valence-electron chi connectivity index (χ1n) is 11.1. The summed E-state index contributed by atoms with van der Waals surface area (Å²) in [6.45, 7) is 3.92. The lowest BCUT2D eigenvalue weighted by Crippen LogP contribution is -2.49. The molecule has 0 saturated carbocycles. The first-order chi connectivity index (χ1) is 16.3. The predicted octanol–water partition coefficient (Wildman–Crippen LogP) is 3.93. The van der Waals surface area contributed by atoms with Crippen LogP contribution in [0.25, 0.3) is 0 Å². The molecule has 1 aliphatic heterocycles. The topological polar surface area (TPSA) is 79.0 Å². The maximum Gasteiger partial charge on any atom is 0.265 e. The lowest BCUT2D eigenvalue weighted by atomic mass is 10.0. The molecule has 0 spiro atoms. The van der Waals surface area contributed by atoms with Crippen molar-refractivity contribution < 1.29 is 17.9 Å². The van der Waals surface area contributed by atoms with Crippen LogP contribution in [0, 0.1) is 6.92 Å². The summed E-state index contributed by atoms with van der Waals surface area (Å²) in [4.78, 5) is 17.6. The third-order valence-corrected chi connectivity index (χ3v) is 7.44. The van der Waals surface area contributed by atoms with Gasteiger partial charge in [0.25, 0.3) is 15.9 Å². The molecule has 0 bridgehead atoms. The van der Waals surface area contributed by atoms with Crippen LogP contribution in [0.2, 0.25) is 0 Å². The molecule has 0 aromatic heterocycles. The van der Waals surface area contributed by atoms with E-state index in [1.54, 1.807) is 18.2 Å². The Labute approximate surface area is 201 Å². The molecule has 34 heavy (non-hydrogen) atoms. The Hall–Kier alpha value is -3.36. The Bertz CT molecular complexity index is 1260. The highest BCUT2D eigenvalue weighted by Gasteiger charge is 2.32. The number of nitrogens with one attached hydrogen (secondary N) is 1. The zero-order valence-corrected chi connectivity index (χ0v) is 20.4.